The van der Waals surface area contributed by atoms with Crippen LogP contribution in [0.2, 0.25) is 10.0 Å². The van der Waals surface area contributed by atoms with E-state index in [1.165, 1.54) is 0 Å². The molecule has 3 aliphatic heterocycles. The van der Waals surface area contributed by atoms with Crippen LogP contribution in [0.5, 0.6) is 5.75 Å². The van der Waals surface area contributed by atoms with Gasteiger partial charge in [-0.2, -0.15) is 0 Å². The zero-order valence-electron chi connectivity index (χ0n) is 30.0. The van der Waals surface area contributed by atoms with Gasteiger partial charge >= 0.3 is 6.03 Å². The van der Waals surface area contributed by atoms with Gasteiger partial charge in [-0.3, -0.25) is 19.8 Å². The summed E-state index contributed by atoms with van der Waals surface area (Å²) in [6.45, 7) is 18.7. The first kappa shape index (κ1) is 35.6. The number of ether oxygens (including phenoxy) is 1. The predicted molar refractivity (Wildman–Crippen MR) is 199 cm³/mol. The molecule has 6 rings (SSSR count). The Morgan fingerprint density at radius 3 is 2.02 bits per heavy atom. The molecule has 2 aromatic carbocycles. The molecule has 3 aliphatic rings. The van der Waals surface area contributed by atoms with Crippen LogP contribution >= 0.6 is 23.2 Å². The first-order chi connectivity index (χ1) is 23.3. The maximum absolute atomic E-state index is 15.3. The monoisotopic (exact) mass is 704 g/mol. The zero-order valence-corrected chi connectivity index (χ0v) is 31.5. The van der Waals surface area contributed by atoms with Crippen molar-refractivity contribution in [1.29, 1.82) is 0 Å². The average Bonchev–Trinajstić information content (AvgIpc) is 3.33. The molecule has 262 valence electrons. The average molecular weight is 706 g/mol. The summed E-state index contributed by atoms with van der Waals surface area (Å²) in [5.74, 6) is 1.20. The molecular formula is C39H50Cl2N6O2. The SMILES string of the molecule is CCOc1cc(C(C)(C)C)ncc1C1=N[C@@](C)(c2ccc(Cl)cc2)[C@@](C)(c2ccc(Cl)cc2)N1C(=O)N1CCC(N2CCN(C)CC2)CC1. The molecule has 3 aromatic rings. The molecule has 49 heavy (non-hydrogen) atoms. The number of amidine groups is 1. The van der Waals surface area contributed by atoms with Crippen LogP contribution in [0, 0.1) is 0 Å². The van der Waals surface area contributed by atoms with Crippen molar-refractivity contribution in [1.82, 2.24) is 24.6 Å². The minimum atomic E-state index is -0.960. The number of rotatable bonds is 6. The van der Waals surface area contributed by atoms with Crippen LogP contribution in [-0.4, -0.2) is 95.4 Å². The topological polar surface area (TPSA) is 64.5 Å². The van der Waals surface area contributed by atoms with Gasteiger partial charge in [0, 0.05) is 78.7 Å². The maximum atomic E-state index is 15.3. The molecule has 8 nitrogen and oxygen atoms in total. The van der Waals surface area contributed by atoms with Crippen LogP contribution in [0.1, 0.15) is 76.8 Å². The Bertz CT molecular complexity index is 1680. The Balaban J connectivity index is 1.48. The number of carbonyl (C=O) groups excluding carboxylic acids is 1. The van der Waals surface area contributed by atoms with Crippen molar-refractivity contribution >= 4 is 35.1 Å². The number of aromatic nitrogens is 1. The van der Waals surface area contributed by atoms with E-state index in [1.807, 2.05) is 77.5 Å². The number of urea groups is 1. The number of hydrogen-bond donors (Lipinski definition) is 0. The molecule has 1 aromatic heterocycles. The van der Waals surface area contributed by atoms with Gasteiger partial charge in [-0.25, -0.2) is 4.79 Å². The van der Waals surface area contributed by atoms with E-state index < -0.39 is 11.1 Å². The van der Waals surface area contributed by atoms with Gasteiger partial charge in [0.05, 0.1) is 12.2 Å². The largest absolute Gasteiger partial charge is 0.493 e. The van der Waals surface area contributed by atoms with Crippen LogP contribution in [0.25, 0.3) is 0 Å². The van der Waals surface area contributed by atoms with E-state index in [4.69, 9.17) is 37.9 Å². The second-order valence-electron chi connectivity index (χ2n) is 15.0. The van der Waals surface area contributed by atoms with E-state index in [9.17, 15) is 0 Å². The van der Waals surface area contributed by atoms with E-state index in [-0.39, 0.29) is 11.4 Å². The smallest absolute Gasteiger partial charge is 0.326 e. The molecule has 2 amide bonds. The fourth-order valence-electron chi connectivity index (χ4n) is 7.61. The minimum Gasteiger partial charge on any atom is -0.493 e. The number of likely N-dealkylation sites (tertiary alicyclic amines) is 1. The van der Waals surface area contributed by atoms with E-state index in [0.29, 0.717) is 52.9 Å². The molecule has 0 radical (unpaired) electrons. The molecule has 0 N–H and O–H groups in total. The molecule has 0 aliphatic carbocycles. The normalized spacial score (nSPS) is 24.3. The number of likely N-dealkylation sites (N-methyl/N-ethyl adjacent to an activating group) is 1. The van der Waals surface area contributed by atoms with E-state index in [2.05, 4.69) is 51.5 Å². The number of piperazine rings is 1. The number of hydrogen-bond acceptors (Lipinski definition) is 6. The van der Waals surface area contributed by atoms with Crippen molar-refractivity contribution in [3.8, 4) is 5.75 Å². The first-order valence-corrected chi connectivity index (χ1v) is 18.3. The van der Waals surface area contributed by atoms with Crippen molar-refractivity contribution in [2.24, 2.45) is 4.99 Å². The third kappa shape index (κ3) is 6.69. The van der Waals surface area contributed by atoms with Gasteiger partial charge in [0.15, 0.2) is 0 Å². The standard InChI is InChI=1S/C39H50Cl2N6O2/c1-8-49-33-25-34(37(2,3)4)42-26-32(33)35-43-38(5,27-9-13-29(40)14-10-27)39(6,28-11-15-30(41)16-12-28)47(35)36(48)46-19-17-31(18-20-46)45-23-21-44(7)22-24-45/h9-16,25-26,31H,8,17-24H2,1-7H3/t38-,39+/m0/s1. The molecule has 0 saturated carbocycles. The highest BCUT2D eigenvalue weighted by Gasteiger charge is 2.60. The van der Waals surface area contributed by atoms with Crippen molar-refractivity contribution < 1.29 is 9.53 Å². The highest BCUT2D eigenvalue weighted by molar-refractivity contribution is 6.30. The number of amides is 2. The summed E-state index contributed by atoms with van der Waals surface area (Å²) in [5, 5.41) is 1.27. The van der Waals surface area contributed by atoms with Gasteiger partial charge in [0.25, 0.3) is 0 Å². The van der Waals surface area contributed by atoms with Gasteiger partial charge in [0.2, 0.25) is 0 Å². The Kier molecular flexibility index (Phi) is 10.1. The molecule has 2 fully saturated rings. The van der Waals surface area contributed by atoms with Crippen LogP contribution < -0.4 is 4.74 Å². The Morgan fingerprint density at radius 1 is 0.898 bits per heavy atom. The van der Waals surface area contributed by atoms with Crippen molar-refractivity contribution in [3.63, 3.8) is 0 Å². The summed E-state index contributed by atoms with van der Waals surface area (Å²) >= 11 is 12.8. The van der Waals surface area contributed by atoms with Crippen molar-refractivity contribution in [2.75, 3.05) is 52.9 Å². The number of piperidine rings is 1. The van der Waals surface area contributed by atoms with Crippen molar-refractivity contribution in [3.05, 3.63) is 93.2 Å². The third-order valence-electron chi connectivity index (χ3n) is 10.9. The van der Waals surface area contributed by atoms with Crippen LogP contribution in [0.15, 0.2) is 65.8 Å². The highest BCUT2D eigenvalue weighted by Crippen LogP contribution is 2.54. The number of benzene rings is 2. The fourth-order valence-corrected chi connectivity index (χ4v) is 7.86. The Morgan fingerprint density at radius 2 is 1.47 bits per heavy atom. The minimum absolute atomic E-state index is 0.0759. The number of nitrogens with zero attached hydrogens (tertiary/aromatic N) is 6. The summed E-state index contributed by atoms with van der Waals surface area (Å²) < 4.78 is 6.31. The fraction of sp³-hybridized carbons (Fsp3) is 0.513. The van der Waals surface area contributed by atoms with Gasteiger partial charge < -0.3 is 14.5 Å². The number of pyridine rings is 1. The number of aliphatic imine (C=N–C) groups is 1. The molecule has 10 heteroatoms. The first-order valence-electron chi connectivity index (χ1n) is 17.5. The van der Waals surface area contributed by atoms with Crippen LogP contribution in [-0.2, 0) is 16.5 Å². The molecule has 0 bridgehead atoms. The summed E-state index contributed by atoms with van der Waals surface area (Å²) in [4.78, 5) is 34.7. The van der Waals surface area contributed by atoms with Crippen LogP contribution in [0.4, 0.5) is 4.79 Å². The summed E-state index contributed by atoms with van der Waals surface area (Å²) in [6, 6.07) is 18.0. The molecule has 2 saturated heterocycles. The highest BCUT2D eigenvalue weighted by atomic mass is 35.5. The van der Waals surface area contributed by atoms with Crippen molar-refractivity contribution in [2.45, 2.75) is 76.9 Å². The van der Waals surface area contributed by atoms with E-state index in [1.54, 1.807) is 0 Å². The lowest BCUT2D eigenvalue weighted by atomic mass is 9.71. The predicted octanol–water partition coefficient (Wildman–Crippen LogP) is 7.81. The molecule has 0 spiro atoms. The summed E-state index contributed by atoms with van der Waals surface area (Å²) in [6.07, 6.45) is 3.71. The lowest BCUT2D eigenvalue weighted by molar-refractivity contribution is 0.0617. The Hall–Kier alpha value is -3.17. The lowest BCUT2D eigenvalue weighted by Crippen LogP contribution is -2.60. The maximum Gasteiger partial charge on any atom is 0.326 e. The summed E-state index contributed by atoms with van der Waals surface area (Å²) in [7, 11) is 2.19. The van der Waals surface area contributed by atoms with Crippen LogP contribution in [0.3, 0.4) is 0 Å². The van der Waals surface area contributed by atoms with Gasteiger partial charge in [-0.05, 0) is 76.1 Å². The second-order valence-corrected chi connectivity index (χ2v) is 15.9. The zero-order chi connectivity index (χ0) is 35.1. The van der Waals surface area contributed by atoms with Gasteiger partial charge in [-0.1, -0.05) is 68.2 Å². The summed E-state index contributed by atoms with van der Waals surface area (Å²) in [5.41, 5.74) is 1.39. The third-order valence-corrected chi connectivity index (χ3v) is 11.4. The molecule has 2 atom stereocenters. The quantitative estimate of drug-likeness (QED) is 0.262. The van der Waals surface area contributed by atoms with E-state index in [0.717, 1.165) is 55.8 Å². The Labute approximate surface area is 302 Å². The van der Waals surface area contributed by atoms with Gasteiger partial charge in [0.1, 0.15) is 22.7 Å². The van der Waals surface area contributed by atoms with E-state index >= 15 is 4.79 Å². The number of carbonyl (C=O) groups is 1. The van der Waals surface area contributed by atoms with Gasteiger partial charge in [-0.15, -0.1) is 0 Å². The number of halogens is 2. The lowest BCUT2D eigenvalue weighted by Gasteiger charge is -2.48. The molecule has 0 unspecified atom stereocenters. The molecular weight excluding hydrogens is 655 g/mol. The second kappa shape index (κ2) is 13.9. The molecule has 4 heterocycles.